The van der Waals surface area contributed by atoms with Crippen LogP contribution in [0.5, 0.6) is 0 Å². The van der Waals surface area contributed by atoms with E-state index < -0.39 is 0 Å². The van der Waals surface area contributed by atoms with Crippen LogP contribution >= 0.6 is 11.6 Å². The quantitative estimate of drug-likeness (QED) is 0.935. The second-order valence-electron chi connectivity index (χ2n) is 4.71. The van der Waals surface area contributed by atoms with Crippen molar-refractivity contribution in [1.82, 2.24) is 15.1 Å². The van der Waals surface area contributed by atoms with Crippen molar-refractivity contribution in [2.75, 3.05) is 6.54 Å². The summed E-state index contributed by atoms with van der Waals surface area (Å²) in [4.78, 5) is 12.0. The van der Waals surface area contributed by atoms with Crippen molar-refractivity contribution >= 4 is 17.6 Å². The Morgan fingerprint density at radius 1 is 1.30 bits per heavy atom. The molecule has 5 heteroatoms. The van der Waals surface area contributed by atoms with Crippen LogP contribution in [0.3, 0.4) is 0 Å². The molecule has 0 atom stereocenters. The van der Waals surface area contributed by atoms with Gasteiger partial charge in [-0.1, -0.05) is 30.7 Å². The fourth-order valence-electron chi connectivity index (χ4n) is 1.97. The lowest BCUT2D eigenvalue weighted by atomic mass is 10.1. The number of rotatable bonds is 3. The summed E-state index contributed by atoms with van der Waals surface area (Å²) in [5.41, 5.74) is 3.62. The average Bonchev–Trinajstić information content (AvgIpc) is 2.74. The summed E-state index contributed by atoms with van der Waals surface area (Å²) in [6.45, 7) is 6.53. The molecule has 106 valence electrons. The zero-order valence-corrected chi connectivity index (χ0v) is 12.7. The second kappa shape index (κ2) is 6.09. The number of carbonyl (C=O) groups excluding carboxylic acids is 1. The molecule has 2 aromatic rings. The largest absolute Gasteiger partial charge is 0.342 e. The Balaban J connectivity index is 2.37. The van der Waals surface area contributed by atoms with Crippen LogP contribution in [0.25, 0.3) is 11.3 Å². The van der Waals surface area contributed by atoms with E-state index in [1.807, 2.05) is 45.0 Å². The van der Waals surface area contributed by atoms with Crippen molar-refractivity contribution in [3.8, 4) is 11.3 Å². The highest BCUT2D eigenvalue weighted by Gasteiger charge is 2.16. The summed E-state index contributed by atoms with van der Waals surface area (Å²) in [5, 5.41) is 7.94. The Kier molecular flexibility index (Phi) is 4.45. The molecule has 1 aromatic heterocycles. The lowest BCUT2D eigenvalue weighted by Gasteiger charge is -2.04. The number of hydrogen-bond acceptors (Lipinski definition) is 2. The SMILES string of the molecule is CCCNC(=O)n1nc(-c2ccc(Cl)cc2)c(C)c1C. The van der Waals surface area contributed by atoms with E-state index in [9.17, 15) is 4.79 Å². The molecule has 1 N–H and O–H groups in total. The Morgan fingerprint density at radius 3 is 2.55 bits per heavy atom. The lowest BCUT2D eigenvalue weighted by molar-refractivity contribution is 0.239. The maximum absolute atomic E-state index is 12.0. The summed E-state index contributed by atoms with van der Waals surface area (Å²) in [6.07, 6.45) is 0.898. The van der Waals surface area contributed by atoms with E-state index in [4.69, 9.17) is 11.6 Å². The topological polar surface area (TPSA) is 46.9 Å². The van der Waals surface area contributed by atoms with E-state index in [0.717, 1.165) is 28.9 Å². The second-order valence-corrected chi connectivity index (χ2v) is 5.15. The van der Waals surface area contributed by atoms with Crippen LogP contribution in [0, 0.1) is 13.8 Å². The first-order valence-corrected chi connectivity index (χ1v) is 7.02. The summed E-state index contributed by atoms with van der Waals surface area (Å²) < 4.78 is 1.43. The third-order valence-corrected chi connectivity index (χ3v) is 3.50. The average molecular weight is 292 g/mol. The lowest BCUT2D eigenvalue weighted by Crippen LogP contribution is -2.30. The summed E-state index contributed by atoms with van der Waals surface area (Å²) in [7, 11) is 0. The van der Waals surface area contributed by atoms with Crippen molar-refractivity contribution in [1.29, 1.82) is 0 Å². The Labute approximate surface area is 123 Å². The van der Waals surface area contributed by atoms with Crippen molar-refractivity contribution in [2.45, 2.75) is 27.2 Å². The van der Waals surface area contributed by atoms with Gasteiger partial charge in [0, 0.05) is 22.8 Å². The molecule has 1 aromatic carbocycles. The smallest absolute Gasteiger partial charge is 0.336 e. The molecule has 0 aliphatic heterocycles. The van der Waals surface area contributed by atoms with Crippen LogP contribution in [0.1, 0.15) is 24.6 Å². The monoisotopic (exact) mass is 291 g/mol. The first-order valence-electron chi connectivity index (χ1n) is 6.65. The molecule has 2 rings (SSSR count). The van der Waals surface area contributed by atoms with Crippen molar-refractivity contribution < 1.29 is 4.79 Å². The Bertz CT molecular complexity index is 617. The molecule has 0 bridgehead atoms. The van der Waals surface area contributed by atoms with Gasteiger partial charge in [0.1, 0.15) is 0 Å². The normalized spacial score (nSPS) is 10.6. The molecular formula is C15H18ClN3O. The fourth-order valence-corrected chi connectivity index (χ4v) is 2.09. The van der Waals surface area contributed by atoms with Gasteiger partial charge in [0.25, 0.3) is 0 Å². The van der Waals surface area contributed by atoms with E-state index in [1.54, 1.807) is 0 Å². The fraction of sp³-hybridized carbons (Fsp3) is 0.333. The number of carbonyl (C=O) groups is 1. The molecule has 0 spiro atoms. The van der Waals surface area contributed by atoms with Crippen molar-refractivity contribution in [3.63, 3.8) is 0 Å². The van der Waals surface area contributed by atoms with Crippen LogP contribution in [0.4, 0.5) is 4.79 Å². The van der Waals surface area contributed by atoms with E-state index in [0.29, 0.717) is 11.6 Å². The molecule has 0 fully saturated rings. The molecule has 0 aliphatic rings. The first-order chi connectivity index (χ1) is 9.54. The molecule has 0 saturated heterocycles. The highest BCUT2D eigenvalue weighted by Crippen LogP contribution is 2.25. The predicted octanol–water partition coefficient (Wildman–Crippen LogP) is 3.79. The van der Waals surface area contributed by atoms with E-state index in [1.165, 1.54) is 4.68 Å². The van der Waals surface area contributed by atoms with Gasteiger partial charge in [0.05, 0.1) is 5.69 Å². The Hall–Kier alpha value is -1.81. The van der Waals surface area contributed by atoms with Gasteiger partial charge >= 0.3 is 6.03 Å². The van der Waals surface area contributed by atoms with Gasteiger partial charge in [-0.25, -0.2) is 4.79 Å². The Morgan fingerprint density at radius 2 is 1.95 bits per heavy atom. The first kappa shape index (κ1) is 14.6. The van der Waals surface area contributed by atoms with Crippen LogP contribution < -0.4 is 5.32 Å². The summed E-state index contributed by atoms with van der Waals surface area (Å²) in [5.74, 6) is 0. The zero-order chi connectivity index (χ0) is 14.7. The standard InChI is InChI=1S/C15H18ClN3O/c1-4-9-17-15(20)19-11(3)10(2)14(18-19)12-5-7-13(16)8-6-12/h5-8H,4,9H2,1-3H3,(H,17,20). The van der Waals surface area contributed by atoms with Gasteiger partial charge in [-0.2, -0.15) is 9.78 Å². The predicted molar refractivity (Wildman–Crippen MR) is 81.2 cm³/mol. The molecule has 1 heterocycles. The highest BCUT2D eigenvalue weighted by molar-refractivity contribution is 6.30. The number of benzene rings is 1. The molecule has 0 saturated carbocycles. The minimum Gasteiger partial charge on any atom is -0.336 e. The van der Waals surface area contributed by atoms with Crippen LogP contribution in [0.15, 0.2) is 24.3 Å². The minimum atomic E-state index is -0.187. The van der Waals surface area contributed by atoms with Crippen LogP contribution in [0.2, 0.25) is 5.02 Å². The molecule has 20 heavy (non-hydrogen) atoms. The van der Waals surface area contributed by atoms with Crippen molar-refractivity contribution in [3.05, 3.63) is 40.5 Å². The summed E-state index contributed by atoms with van der Waals surface area (Å²) >= 11 is 5.89. The number of hydrogen-bond donors (Lipinski definition) is 1. The molecular weight excluding hydrogens is 274 g/mol. The van der Waals surface area contributed by atoms with Gasteiger partial charge < -0.3 is 5.32 Å². The number of amides is 1. The minimum absolute atomic E-state index is 0.187. The van der Waals surface area contributed by atoms with Crippen LogP contribution in [-0.2, 0) is 0 Å². The van der Waals surface area contributed by atoms with Gasteiger partial charge in [0.2, 0.25) is 0 Å². The number of nitrogens with zero attached hydrogens (tertiary/aromatic N) is 2. The van der Waals surface area contributed by atoms with Crippen LogP contribution in [-0.4, -0.2) is 22.4 Å². The van der Waals surface area contributed by atoms with Gasteiger partial charge in [0.15, 0.2) is 0 Å². The third kappa shape index (κ3) is 2.85. The van der Waals surface area contributed by atoms with E-state index >= 15 is 0 Å². The summed E-state index contributed by atoms with van der Waals surface area (Å²) in [6, 6.07) is 7.27. The zero-order valence-electron chi connectivity index (χ0n) is 11.9. The maximum atomic E-state index is 12.0. The molecule has 0 radical (unpaired) electrons. The highest BCUT2D eigenvalue weighted by atomic mass is 35.5. The van der Waals surface area contributed by atoms with E-state index in [2.05, 4.69) is 10.4 Å². The number of aromatic nitrogens is 2. The molecule has 0 aliphatic carbocycles. The van der Waals surface area contributed by atoms with E-state index in [-0.39, 0.29) is 6.03 Å². The molecule has 4 nitrogen and oxygen atoms in total. The maximum Gasteiger partial charge on any atom is 0.342 e. The number of halogens is 1. The molecule has 0 unspecified atom stereocenters. The van der Waals surface area contributed by atoms with Gasteiger partial charge in [-0.05, 0) is 38.0 Å². The van der Waals surface area contributed by atoms with Gasteiger partial charge in [-0.3, -0.25) is 0 Å². The van der Waals surface area contributed by atoms with Gasteiger partial charge in [-0.15, -0.1) is 0 Å². The third-order valence-electron chi connectivity index (χ3n) is 3.25. The van der Waals surface area contributed by atoms with Crippen molar-refractivity contribution in [2.24, 2.45) is 0 Å². The number of nitrogens with one attached hydrogen (secondary N) is 1. The molecule has 1 amide bonds.